The summed E-state index contributed by atoms with van der Waals surface area (Å²) in [5, 5.41) is 27.0. The number of carbonyl (C=O) groups excluding carboxylic acids is 2. The molecule has 4 aliphatic rings. The van der Waals surface area contributed by atoms with E-state index in [9.17, 15) is 19.8 Å². The molecule has 4 aliphatic carbocycles. The molecule has 2 saturated carbocycles. The van der Waals surface area contributed by atoms with E-state index in [0.29, 0.717) is 23.0 Å². The lowest BCUT2D eigenvalue weighted by Crippen LogP contribution is -2.43. The van der Waals surface area contributed by atoms with E-state index in [1.807, 2.05) is 50.2 Å². The second-order valence-corrected chi connectivity index (χ2v) is 19.6. The molecule has 0 radical (unpaired) electrons. The Kier molecular flexibility index (Phi) is 13.6. The molecule has 4 aromatic carbocycles. The molecule has 2 aromatic heterocycles. The summed E-state index contributed by atoms with van der Waals surface area (Å²) in [6.07, 6.45) is 16.8. The second kappa shape index (κ2) is 19.9. The number of fused-ring (bicyclic) bond motifs is 6. The van der Waals surface area contributed by atoms with Crippen molar-refractivity contribution in [1.82, 2.24) is 9.97 Å². The van der Waals surface area contributed by atoms with Gasteiger partial charge in [-0.3, -0.25) is 19.6 Å². The summed E-state index contributed by atoms with van der Waals surface area (Å²) < 4.78 is 0. The van der Waals surface area contributed by atoms with Crippen LogP contribution in [-0.4, -0.2) is 44.2 Å². The molecular weight excluding hydrogens is 817 g/mol. The predicted molar refractivity (Wildman–Crippen MR) is 263 cm³/mol. The highest BCUT2D eigenvalue weighted by molar-refractivity contribution is 6.05. The number of benzene rings is 4. The number of pyridine rings is 2. The summed E-state index contributed by atoms with van der Waals surface area (Å²) in [6, 6.07) is 41.5. The largest absolute Gasteiger partial charge is 0.393 e. The van der Waals surface area contributed by atoms with Crippen molar-refractivity contribution in [2.24, 2.45) is 11.8 Å². The molecule has 10 rings (SSSR count). The number of anilines is 2. The van der Waals surface area contributed by atoms with Crippen LogP contribution in [0.5, 0.6) is 0 Å². The van der Waals surface area contributed by atoms with Crippen LogP contribution >= 0.6 is 0 Å². The molecule has 340 valence electrons. The molecule has 2 amide bonds. The minimum absolute atomic E-state index is 0.0152. The average Bonchev–Trinajstić information content (AvgIpc) is 3.58. The van der Waals surface area contributed by atoms with E-state index in [-0.39, 0.29) is 34.9 Å². The molecule has 6 atom stereocenters. The molecule has 0 bridgehead atoms. The van der Waals surface area contributed by atoms with Crippen LogP contribution in [0.3, 0.4) is 0 Å². The van der Waals surface area contributed by atoms with Gasteiger partial charge in [0.1, 0.15) is 0 Å². The Morgan fingerprint density at radius 1 is 0.561 bits per heavy atom. The minimum atomic E-state index is -0.201. The molecule has 6 aromatic rings. The normalized spacial score (nSPS) is 24.3. The highest BCUT2D eigenvalue weighted by atomic mass is 16.3. The maximum absolute atomic E-state index is 13.1. The average molecular weight is 881 g/mol. The van der Waals surface area contributed by atoms with Gasteiger partial charge in [0.25, 0.3) is 11.8 Å². The number of hydrogen-bond donors (Lipinski definition) is 4. The molecule has 8 nitrogen and oxygen atoms in total. The zero-order valence-electron chi connectivity index (χ0n) is 38.5. The molecule has 2 fully saturated rings. The fraction of sp³-hybridized carbons (Fsp3) is 0.379. The Morgan fingerprint density at radius 2 is 0.985 bits per heavy atom. The van der Waals surface area contributed by atoms with Crippen LogP contribution in [-0.2, 0) is 36.5 Å². The van der Waals surface area contributed by atoms with E-state index >= 15 is 0 Å². The Balaban J connectivity index is 0.000000166. The first kappa shape index (κ1) is 45.2. The SMILES string of the molecule is Cc1ncccc1NC(=O)c1ccc2c(c1)CCC[C@@H]1C[C@H](O)CC[C@]21Cc1ccccc1.Cc1ncccc1NC(=O)c1ccc2c(c1)CCC[C@H]1C[C@@H](O)CC[C@@]21Cc1ccccc1. The fourth-order valence-corrected chi connectivity index (χ4v) is 12.2. The molecule has 0 spiro atoms. The lowest BCUT2D eigenvalue weighted by Gasteiger charge is -2.46. The van der Waals surface area contributed by atoms with Crippen molar-refractivity contribution in [3.8, 4) is 0 Å². The van der Waals surface area contributed by atoms with E-state index in [2.05, 4.69) is 106 Å². The Labute approximate surface area is 390 Å². The minimum Gasteiger partial charge on any atom is -0.393 e. The smallest absolute Gasteiger partial charge is 0.255 e. The summed E-state index contributed by atoms with van der Waals surface area (Å²) in [5.74, 6) is 0.734. The Morgan fingerprint density at radius 3 is 1.39 bits per heavy atom. The quantitative estimate of drug-likeness (QED) is 0.121. The lowest BCUT2D eigenvalue weighted by atomic mass is 9.58. The standard InChI is InChI=1S/2C29H32N2O2/c2*1-20-27(11-6-16-30-20)31-28(33)23-12-13-26-22(17-23)9-5-10-24-18-25(32)14-15-29(24,26)19-21-7-3-2-4-8-21/h2*2-4,6-8,11-13,16-17,24-25,32H,5,9-10,14-15,18-19H2,1H3,(H,31,33)/t2*24-,25-,29-/m10/s1. The van der Waals surface area contributed by atoms with Gasteiger partial charge in [0, 0.05) is 34.4 Å². The molecule has 2 heterocycles. The maximum atomic E-state index is 13.1. The van der Waals surface area contributed by atoms with Gasteiger partial charge < -0.3 is 20.8 Å². The van der Waals surface area contributed by atoms with Crippen LogP contribution in [0, 0.1) is 25.7 Å². The van der Waals surface area contributed by atoms with Crippen molar-refractivity contribution >= 4 is 23.2 Å². The van der Waals surface area contributed by atoms with Gasteiger partial charge in [-0.15, -0.1) is 0 Å². The van der Waals surface area contributed by atoms with Crippen LogP contribution in [0.15, 0.2) is 134 Å². The number of aromatic nitrogens is 2. The first-order valence-corrected chi connectivity index (χ1v) is 24.3. The van der Waals surface area contributed by atoms with Gasteiger partial charge in [-0.1, -0.05) is 72.8 Å². The first-order chi connectivity index (χ1) is 32.1. The monoisotopic (exact) mass is 880 g/mol. The van der Waals surface area contributed by atoms with Gasteiger partial charge in [0.15, 0.2) is 0 Å². The van der Waals surface area contributed by atoms with Gasteiger partial charge in [-0.25, -0.2) is 0 Å². The van der Waals surface area contributed by atoms with Crippen LogP contribution in [0.4, 0.5) is 11.4 Å². The van der Waals surface area contributed by atoms with Gasteiger partial charge in [-0.2, -0.15) is 0 Å². The van der Waals surface area contributed by atoms with E-state index in [0.717, 1.165) is 113 Å². The topological polar surface area (TPSA) is 124 Å². The van der Waals surface area contributed by atoms with Crippen LogP contribution in [0.2, 0.25) is 0 Å². The molecule has 0 aliphatic heterocycles. The fourth-order valence-electron chi connectivity index (χ4n) is 12.2. The summed E-state index contributed by atoms with van der Waals surface area (Å²) in [4.78, 5) is 34.7. The highest BCUT2D eigenvalue weighted by Crippen LogP contribution is 2.53. The van der Waals surface area contributed by atoms with E-state index in [1.54, 1.807) is 12.4 Å². The van der Waals surface area contributed by atoms with E-state index in [1.165, 1.54) is 33.4 Å². The van der Waals surface area contributed by atoms with E-state index in [4.69, 9.17) is 0 Å². The number of carbonyl (C=O) groups is 2. The first-order valence-electron chi connectivity index (χ1n) is 24.3. The van der Waals surface area contributed by atoms with Crippen molar-refractivity contribution in [2.45, 2.75) is 127 Å². The zero-order chi connectivity index (χ0) is 45.7. The van der Waals surface area contributed by atoms with Gasteiger partial charge in [-0.05, 0) is 197 Å². The second-order valence-electron chi connectivity index (χ2n) is 19.6. The number of rotatable bonds is 8. The maximum Gasteiger partial charge on any atom is 0.255 e. The number of aliphatic hydroxyl groups excluding tert-OH is 2. The van der Waals surface area contributed by atoms with Crippen LogP contribution in [0.25, 0.3) is 0 Å². The number of nitrogens with one attached hydrogen (secondary N) is 2. The predicted octanol–water partition coefficient (Wildman–Crippen LogP) is 11.2. The highest BCUT2D eigenvalue weighted by Gasteiger charge is 2.48. The van der Waals surface area contributed by atoms with Gasteiger partial charge >= 0.3 is 0 Å². The lowest BCUT2D eigenvalue weighted by molar-refractivity contribution is 0.0467. The number of amides is 2. The molecular formula is C58H64N4O4. The van der Waals surface area contributed by atoms with Gasteiger partial charge in [0.05, 0.1) is 35.0 Å². The van der Waals surface area contributed by atoms with Crippen LogP contribution in [0.1, 0.15) is 130 Å². The molecule has 0 unspecified atom stereocenters. The molecule has 66 heavy (non-hydrogen) atoms. The summed E-state index contributed by atoms with van der Waals surface area (Å²) in [5.41, 5.74) is 12.6. The number of hydrogen-bond acceptors (Lipinski definition) is 6. The van der Waals surface area contributed by atoms with Crippen molar-refractivity contribution in [1.29, 1.82) is 0 Å². The number of aryl methyl sites for hydroxylation is 4. The molecule has 8 heteroatoms. The third-order valence-electron chi connectivity index (χ3n) is 15.6. The Bertz CT molecular complexity index is 2470. The third-order valence-corrected chi connectivity index (χ3v) is 15.6. The van der Waals surface area contributed by atoms with Crippen LogP contribution < -0.4 is 10.6 Å². The molecule has 0 saturated heterocycles. The van der Waals surface area contributed by atoms with Gasteiger partial charge in [0.2, 0.25) is 0 Å². The molecule has 4 N–H and O–H groups in total. The van der Waals surface area contributed by atoms with Crippen molar-refractivity contribution in [3.05, 3.63) is 190 Å². The van der Waals surface area contributed by atoms with Crippen molar-refractivity contribution in [3.63, 3.8) is 0 Å². The van der Waals surface area contributed by atoms with E-state index < -0.39 is 0 Å². The summed E-state index contributed by atoms with van der Waals surface area (Å²) >= 11 is 0. The Hall–Kier alpha value is -5.96. The zero-order valence-corrected chi connectivity index (χ0v) is 38.5. The number of nitrogens with zero attached hydrogens (tertiary/aromatic N) is 2. The summed E-state index contributed by atoms with van der Waals surface area (Å²) in [7, 11) is 0. The number of aliphatic hydroxyl groups is 2. The van der Waals surface area contributed by atoms with Crippen molar-refractivity contribution in [2.75, 3.05) is 10.6 Å². The van der Waals surface area contributed by atoms with Crippen molar-refractivity contribution < 1.29 is 19.8 Å². The summed E-state index contributed by atoms with van der Waals surface area (Å²) in [6.45, 7) is 3.80. The third kappa shape index (κ3) is 9.63.